The Morgan fingerprint density at radius 2 is 2.18 bits per heavy atom. The van der Waals surface area contributed by atoms with Gasteiger partial charge in [-0.2, -0.15) is 0 Å². The number of fused-ring (bicyclic) bond motifs is 1. The topological polar surface area (TPSA) is 55.3 Å². The molecular formula is C16H27N3O3. The van der Waals surface area contributed by atoms with Gasteiger partial charge in [-0.3, -0.25) is 4.90 Å². The zero-order valence-electron chi connectivity index (χ0n) is 13.3. The van der Waals surface area contributed by atoms with Crippen molar-refractivity contribution in [2.45, 2.75) is 31.8 Å². The van der Waals surface area contributed by atoms with Gasteiger partial charge in [0.05, 0.1) is 12.0 Å². The van der Waals surface area contributed by atoms with Gasteiger partial charge in [0, 0.05) is 19.7 Å². The smallest absolute Gasteiger partial charge is 0.236 e. The molecule has 22 heavy (non-hydrogen) atoms. The predicted octanol–water partition coefficient (Wildman–Crippen LogP) is 0.827. The summed E-state index contributed by atoms with van der Waals surface area (Å²) in [6.07, 6.45) is 5.14. The molecule has 3 unspecified atom stereocenters. The molecule has 3 atom stereocenters. The van der Waals surface area contributed by atoms with Gasteiger partial charge >= 0.3 is 0 Å². The monoisotopic (exact) mass is 309 g/mol. The molecule has 3 fully saturated rings. The standard InChI is InChI=1S/C16H27N3O3/c1-2-5-19(6-3-1)9-14-10-21-18-15(22-14)16-11-17-8-13(16)4-7-20-12-16/h13-14,17H,1-12H2. The first-order chi connectivity index (χ1) is 10.9. The summed E-state index contributed by atoms with van der Waals surface area (Å²) >= 11 is 0. The normalized spacial score (nSPS) is 39.5. The second-order valence-corrected chi connectivity index (χ2v) is 7.12. The van der Waals surface area contributed by atoms with Crippen LogP contribution in [0.15, 0.2) is 5.16 Å². The molecule has 124 valence electrons. The molecule has 0 spiro atoms. The molecule has 0 amide bonds. The fourth-order valence-corrected chi connectivity index (χ4v) is 4.27. The summed E-state index contributed by atoms with van der Waals surface area (Å²) in [7, 11) is 0. The van der Waals surface area contributed by atoms with Gasteiger partial charge in [0.1, 0.15) is 6.10 Å². The van der Waals surface area contributed by atoms with E-state index in [1.807, 2.05) is 0 Å². The van der Waals surface area contributed by atoms with Gasteiger partial charge in [0.2, 0.25) is 5.90 Å². The fourth-order valence-electron chi connectivity index (χ4n) is 4.27. The van der Waals surface area contributed by atoms with Crippen LogP contribution in [0, 0.1) is 11.3 Å². The van der Waals surface area contributed by atoms with E-state index in [-0.39, 0.29) is 11.5 Å². The molecule has 4 heterocycles. The van der Waals surface area contributed by atoms with Crippen LogP contribution in [-0.4, -0.2) is 69.4 Å². The van der Waals surface area contributed by atoms with Gasteiger partial charge < -0.3 is 19.6 Å². The van der Waals surface area contributed by atoms with E-state index in [0.717, 1.165) is 38.6 Å². The average molecular weight is 309 g/mol. The lowest BCUT2D eigenvalue weighted by Crippen LogP contribution is -2.51. The van der Waals surface area contributed by atoms with Crippen LogP contribution in [0.4, 0.5) is 0 Å². The third-order valence-electron chi connectivity index (χ3n) is 5.61. The molecule has 0 aromatic carbocycles. The van der Waals surface area contributed by atoms with Gasteiger partial charge in [-0.1, -0.05) is 11.6 Å². The Morgan fingerprint density at radius 1 is 1.27 bits per heavy atom. The molecule has 0 radical (unpaired) electrons. The molecule has 6 heteroatoms. The summed E-state index contributed by atoms with van der Waals surface area (Å²) in [5.74, 6) is 1.33. The van der Waals surface area contributed by atoms with Gasteiger partial charge in [0.15, 0.2) is 6.61 Å². The maximum Gasteiger partial charge on any atom is 0.236 e. The number of rotatable bonds is 3. The van der Waals surface area contributed by atoms with Crippen LogP contribution in [0.2, 0.25) is 0 Å². The summed E-state index contributed by atoms with van der Waals surface area (Å²) in [6, 6.07) is 0. The average Bonchev–Trinajstić information content (AvgIpc) is 3.01. The van der Waals surface area contributed by atoms with Crippen molar-refractivity contribution in [2.24, 2.45) is 16.5 Å². The van der Waals surface area contributed by atoms with Crippen molar-refractivity contribution in [3.05, 3.63) is 0 Å². The van der Waals surface area contributed by atoms with E-state index < -0.39 is 0 Å². The molecule has 4 aliphatic rings. The first kappa shape index (κ1) is 14.7. The lowest BCUT2D eigenvalue weighted by Gasteiger charge is -2.41. The van der Waals surface area contributed by atoms with E-state index in [0.29, 0.717) is 19.1 Å². The highest BCUT2D eigenvalue weighted by molar-refractivity contribution is 5.84. The number of hydrogen-bond acceptors (Lipinski definition) is 6. The third kappa shape index (κ3) is 2.72. The minimum absolute atomic E-state index is 0.100. The molecule has 0 bridgehead atoms. The maximum absolute atomic E-state index is 6.30. The van der Waals surface area contributed by atoms with Crippen molar-refractivity contribution in [1.29, 1.82) is 0 Å². The number of nitrogens with one attached hydrogen (secondary N) is 1. The van der Waals surface area contributed by atoms with E-state index in [2.05, 4.69) is 15.4 Å². The van der Waals surface area contributed by atoms with Crippen LogP contribution in [0.25, 0.3) is 0 Å². The molecule has 3 saturated heterocycles. The Morgan fingerprint density at radius 3 is 3.09 bits per heavy atom. The minimum Gasteiger partial charge on any atom is -0.470 e. The molecular weight excluding hydrogens is 282 g/mol. The first-order valence-electron chi connectivity index (χ1n) is 8.75. The van der Waals surface area contributed by atoms with Crippen LogP contribution in [0.3, 0.4) is 0 Å². The van der Waals surface area contributed by atoms with Crippen molar-refractivity contribution in [3.63, 3.8) is 0 Å². The number of likely N-dealkylation sites (tertiary alicyclic amines) is 1. The Balaban J connectivity index is 1.42. The highest BCUT2D eigenvalue weighted by Gasteiger charge is 2.52. The number of nitrogens with zero attached hydrogens (tertiary/aromatic N) is 2. The Kier molecular flexibility index (Phi) is 4.24. The van der Waals surface area contributed by atoms with Crippen molar-refractivity contribution in [3.8, 4) is 0 Å². The van der Waals surface area contributed by atoms with E-state index in [9.17, 15) is 0 Å². The highest BCUT2D eigenvalue weighted by atomic mass is 16.7. The molecule has 4 aliphatic heterocycles. The van der Waals surface area contributed by atoms with Gasteiger partial charge in [0.25, 0.3) is 0 Å². The zero-order valence-corrected chi connectivity index (χ0v) is 13.3. The van der Waals surface area contributed by atoms with Crippen molar-refractivity contribution in [2.75, 3.05) is 52.5 Å². The third-order valence-corrected chi connectivity index (χ3v) is 5.61. The van der Waals surface area contributed by atoms with Crippen molar-refractivity contribution >= 4 is 5.90 Å². The number of ether oxygens (including phenoxy) is 2. The minimum atomic E-state index is -0.112. The van der Waals surface area contributed by atoms with Crippen LogP contribution >= 0.6 is 0 Å². The van der Waals surface area contributed by atoms with E-state index in [1.54, 1.807) is 0 Å². The van der Waals surface area contributed by atoms with E-state index in [4.69, 9.17) is 14.3 Å². The second-order valence-electron chi connectivity index (χ2n) is 7.12. The van der Waals surface area contributed by atoms with Gasteiger partial charge in [-0.15, -0.1) is 0 Å². The molecule has 6 nitrogen and oxygen atoms in total. The van der Waals surface area contributed by atoms with Crippen LogP contribution in [0.1, 0.15) is 25.7 Å². The van der Waals surface area contributed by atoms with Crippen molar-refractivity contribution < 1.29 is 14.3 Å². The van der Waals surface area contributed by atoms with E-state index in [1.165, 1.54) is 32.4 Å². The zero-order chi connectivity index (χ0) is 14.8. The summed E-state index contributed by atoms with van der Waals surface area (Å²) in [6.45, 7) is 7.35. The van der Waals surface area contributed by atoms with Crippen molar-refractivity contribution in [1.82, 2.24) is 10.2 Å². The first-order valence-corrected chi connectivity index (χ1v) is 8.75. The summed E-state index contributed by atoms with van der Waals surface area (Å²) < 4.78 is 12.1. The summed E-state index contributed by atoms with van der Waals surface area (Å²) in [5, 5.41) is 7.78. The van der Waals surface area contributed by atoms with E-state index >= 15 is 0 Å². The lowest BCUT2D eigenvalue weighted by atomic mass is 9.75. The fraction of sp³-hybridized carbons (Fsp3) is 0.938. The molecule has 1 N–H and O–H groups in total. The van der Waals surface area contributed by atoms with Crippen LogP contribution in [-0.2, 0) is 14.3 Å². The molecule has 0 aliphatic carbocycles. The second kappa shape index (κ2) is 6.34. The molecule has 0 aromatic rings. The predicted molar refractivity (Wildman–Crippen MR) is 82.8 cm³/mol. The SMILES string of the molecule is C1CCN(CC2CON=C(C34CNCC3CCOC4)O2)CC1. The quantitative estimate of drug-likeness (QED) is 0.837. The molecule has 4 rings (SSSR count). The Hall–Kier alpha value is -0.850. The maximum atomic E-state index is 6.30. The summed E-state index contributed by atoms with van der Waals surface area (Å²) in [5.41, 5.74) is -0.112. The van der Waals surface area contributed by atoms with Gasteiger partial charge in [-0.05, 0) is 44.8 Å². The Bertz CT molecular complexity index is 425. The molecule has 0 aromatic heterocycles. The van der Waals surface area contributed by atoms with Crippen LogP contribution < -0.4 is 5.32 Å². The van der Waals surface area contributed by atoms with Gasteiger partial charge in [-0.25, -0.2) is 0 Å². The highest BCUT2D eigenvalue weighted by Crippen LogP contribution is 2.40. The Labute approximate surface area is 132 Å². The molecule has 0 saturated carbocycles. The van der Waals surface area contributed by atoms with Crippen LogP contribution in [0.5, 0.6) is 0 Å². The number of oxime groups is 1. The largest absolute Gasteiger partial charge is 0.470 e. The number of hydrogen-bond donors (Lipinski definition) is 1. The lowest BCUT2D eigenvalue weighted by molar-refractivity contribution is -0.0501. The number of piperidine rings is 1. The summed E-state index contributed by atoms with van der Waals surface area (Å²) in [4.78, 5) is 8.05.